The van der Waals surface area contributed by atoms with Crippen LogP contribution in [0.4, 0.5) is 0 Å². The van der Waals surface area contributed by atoms with Crippen LogP contribution in [0, 0.1) is 0 Å². The summed E-state index contributed by atoms with van der Waals surface area (Å²) in [5, 5.41) is 11.5. The molecule has 19 heavy (non-hydrogen) atoms. The predicted octanol–water partition coefficient (Wildman–Crippen LogP) is 0.400. The van der Waals surface area contributed by atoms with E-state index in [9.17, 15) is 9.59 Å². The molecule has 1 aliphatic heterocycles. The minimum atomic E-state index is -0.384. The molecule has 1 heterocycles. The first-order valence-electron chi connectivity index (χ1n) is 6.45. The van der Waals surface area contributed by atoms with E-state index < -0.39 is 0 Å². The predicted molar refractivity (Wildman–Crippen MR) is 70.6 cm³/mol. The Morgan fingerprint density at radius 1 is 1.32 bits per heavy atom. The second-order valence-corrected chi connectivity index (χ2v) is 4.69. The van der Waals surface area contributed by atoms with Gasteiger partial charge in [-0.2, -0.15) is 0 Å². The first kappa shape index (κ1) is 13.7. The van der Waals surface area contributed by atoms with Crippen molar-refractivity contribution in [1.29, 1.82) is 0 Å². The normalized spacial score (nSPS) is 19.3. The monoisotopic (exact) mass is 262 g/mol. The third kappa shape index (κ3) is 3.62. The molecule has 0 unspecified atom stereocenters. The zero-order chi connectivity index (χ0) is 13.7. The number of nitrogens with zero attached hydrogens (tertiary/aromatic N) is 1. The van der Waals surface area contributed by atoms with Crippen LogP contribution in [0.5, 0.6) is 0 Å². The molecule has 0 aromatic heterocycles. The summed E-state index contributed by atoms with van der Waals surface area (Å²) in [6.07, 6.45) is 1.88. The van der Waals surface area contributed by atoms with Crippen molar-refractivity contribution in [2.75, 3.05) is 19.7 Å². The summed E-state index contributed by atoms with van der Waals surface area (Å²) < 4.78 is 0. The zero-order valence-corrected chi connectivity index (χ0v) is 10.7. The minimum absolute atomic E-state index is 0.0394. The number of hydrogen-bond acceptors (Lipinski definition) is 4. The molecular formula is C14H18N2O3. The number of imide groups is 1. The summed E-state index contributed by atoms with van der Waals surface area (Å²) in [6.45, 7) is 1.00. The van der Waals surface area contributed by atoms with Gasteiger partial charge in [-0.3, -0.25) is 19.8 Å². The average Bonchev–Trinajstić information content (AvgIpc) is 2.86. The highest BCUT2D eigenvalue weighted by Crippen LogP contribution is 2.15. The molecule has 0 saturated carbocycles. The van der Waals surface area contributed by atoms with Gasteiger partial charge in [0.25, 0.3) is 5.91 Å². The zero-order valence-electron chi connectivity index (χ0n) is 10.7. The van der Waals surface area contributed by atoms with Gasteiger partial charge < -0.3 is 5.11 Å². The highest BCUT2D eigenvalue weighted by atomic mass is 16.3. The molecule has 0 bridgehead atoms. The van der Waals surface area contributed by atoms with Gasteiger partial charge in [-0.15, -0.1) is 0 Å². The van der Waals surface area contributed by atoms with E-state index >= 15 is 0 Å². The largest absolute Gasteiger partial charge is 0.395 e. The van der Waals surface area contributed by atoms with Gasteiger partial charge in [0.05, 0.1) is 13.2 Å². The SMILES string of the molecule is O=C(CN1CCC[C@H]1CO)NC(=O)c1ccccc1. The maximum absolute atomic E-state index is 11.8. The van der Waals surface area contributed by atoms with Crippen LogP contribution in [0.25, 0.3) is 0 Å². The molecule has 1 aromatic rings. The molecule has 2 rings (SSSR count). The van der Waals surface area contributed by atoms with Gasteiger partial charge in [0.15, 0.2) is 0 Å². The Morgan fingerprint density at radius 2 is 2.05 bits per heavy atom. The lowest BCUT2D eigenvalue weighted by molar-refractivity contribution is -0.121. The van der Waals surface area contributed by atoms with E-state index in [0.29, 0.717) is 5.56 Å². The quantitative estimate of drug-likeness (QED) is 0.824. The second-order valence-electron chi connectivity index (χ2n) is 4.69. The number of benzene rings is 1. The molecule has 1 aromatic carbocycles. The summed E-state index contributed by atoms with van der Waals surface area (Å²) in [7, 11) is 0. The number of hydrogen-bond donors (Lipinski definition) is 2. The van der Waals surface area contributed by atoms with Crippen molar-refractivity contribution in [1.82, 2.24) is 10.2 Å². The van der Waals surface area contributed by atoms with Crippen molar-refractivity contribution >= 4 is 11.8 Å². The number of aliphatic hydroxyl groups is 1. The van der Waals surface area contributed by atoms with E-state index in [1.54, 1.807) is 24.3 Å². The van der Waals surface area contributed by atoms with E-state index in [2.05, 4.69) is 5.32 Å². The summed E-state index contributed by atoms with van der Waals surface area (Å²) >= 11 is 0. The van der Waals surface area contributed by atoms with Crippen LogP contribution in [-0.4, -0.2) is 47.6 Å². The molecule has 1 saturated heterocycles. The van der Waals surface area contributed by atoms with Gasteiger partial charge in [-0.05, 0) is 31.5 Å². The topological polar surface area (TPSA) is 69.6 Å². The molecule has 1 fully saturated rings. The van der Waals surface area contributed by atoms with E-state index in [1.165, 1.54) is 0 Å². The Bertz CT molecular complexity index is 447. The first-order valence-corrected chi connectivity index (χ1v) is 6.45. The molecule has 0 radical (unpaired) electrons. The number of nitrogens with one attached hydrogen (secondary N) is 1. The Balaban J connectivity index is 1.86. The van der Waals surface area contributed by atoms with Gasteiger partial charge in [-0.25, -0.2) is 0 Å². The lowest BCUT2D eigenvalue weighted by atomic mass is 10.2. The van der Waals surface area contributed by atoms with Crippen molar-refractivity contribution in [3.05, 3.63) is 35.9 Å². The number of likely N-dealkylation sites (tertiary alicyclic amines) is 1. The number of carbonyl (C=O) groups excluding carboxylic acids is 2. The number of rotatable bonds is 4. The summed E-state index contributed by atoms with van der Waals surface area (Å²) in [5.74, 6) is -0.709. The molecule has 5 heteroatoms. The van der Waals surface area contributed by atoms with Crippen LogP contribution >= 0.6 is 0 Å². The van der Waals surface area contributed by atoms with E-state index in [-0.39, 0.29) is 31.0 Å². The van der Waals surface area contributed by atoms with Gasteiger partial charge >= 0.3 is 0 Å². The summed E-state index contributed by atoms with van der Waals surface area (Å²) in [4.78, 5) is 25.5. The van der Waals surface area contributed by atoms with Crippen molar-refractivity contribution < 1.29 is 14.7 Å². The number of carbonyl (C=O) groups is 2. The molecule has 2 N–H and O–H groups in total. The van der Waals surface area contributed by atoms with Gasteiger partial charge in [-0.1, -0.05) is 18.2 Å². The average molecular weight is 262 g/mol. The van der Waals surface area contributed by atoms with E-state index in [1.807, 2.05) is 11.0 Å². The lowest BCUT2D eigenvalue weighted by Crippen LogP contribution is -2.43. The molecule has 0 aliphatic carbocycles. The first-order chi connectivity index (χ1) is 9.20. The van der Waals surface area contributed by atoms with Crippen molar-refractivity contribution in [3.8, 4) is 0 Å². The summed E-state index contributed by atoms with van der Waals surface area (Å²) in [5.41, 5.74) is 0.469. The van der Waals surface area contributed by atoms with Crippen molar-refractivity contribution in [2.24, 2.45) is 0 Å². The Labute approximate surface area is 112 Å². The van der Waals surface area contributed by atoms with Crippen LogP contribution in [0.2, 0.25) is 0 Å². The lowest BCUT2D eigenvalue weighted by Gasteiger charge is -2.21. The van der Waals surface area contributed by atoms with E-state index in [0.717, 1.165) is 19.4 Å². The van der Waals surface area contributed by atoms with Crippen LogP contribution < -0.4 is 5.32 Å². The second kappa shape index (κ2) is 6.45. The molecule has 0 spiro atoms. The van der Waals surface area contributed by atoms with Gasteiger partial charge in [0.1, 0.15) is 0 Å². The fourth-order valence-corrected chi connectivity index (χ4v) is 2.32. The molecule has 102 valence electrons. The smallest absolute Gasteiger partial charge is 0.257 e. The Kier molecular flexibility index (Phi) is 4.65. The maximum Gasteiger partial charge on any atom is 0.257 e. The molecular weight excluding hydrogens is 244 g/mol. The third-order valence-corrected chi connectivity index (χ3v) is 3.35. The maximum atomic E-state index is 11.8. The molecule has 1 aliphatic rings. The van der Waals surface area contributed by atoms with Gasteiger partial charge in [0.2, 0.25) is 5.91 Å². The van der Waals surface area contributed by atoms with E-state index in [4.69, 9.17) is 5.11 Å². The Morgan fingerprint density at radius 3 is 2.74 bits per heavy atom. The molecule has 1 atom stereocenters. The minimum Gasteiger partial charge on any atom is -0.395 e. The molecule has 2 amide bonds. The Hall–Kier alpha value is -1.72. The highest BCUT2D eigenvalue weighted by molar-refractivity contribution is 6.05. The van der Waals surface area contributed by atoms with Crippen LogP contribution in [-0.2, 0) is 4.79 Å². The van der Waals surface area contributed by atoms with Crippen LogP contribution in [0.15, 0.2) is 30.3 Å². The van der Waals surface area contributed by atoms with Crippen molar-refractivity contribution in [3.63, 3.8) is 0 Å². The fraction of sp³-hybridized carbons (Fsp3) is 0.429. The third-order valence-electron chi connectivity index (χ3n) is 3.35. The summed E-state index contributed by atoms with van der Waals surface area (Å²) in [6, 6.07) is 8.68. The molecule has 5 nitrogen and oxygen atoms in total. The standard InChI is InChI=1S/C14H18N2O3/c17-10-12-7-4-8-16(12)9-13(18)15-14(19)11-5-2-1-3-6-11/h1-3,5-6,12,17H,4,7-10H2,(H,15,18,19)/t12-/m0/s1. The number of aliphatic hydroxyl groups excluding tert-OH is 1. The van der Waals surface area contributed by atoms with Crippen LogP contribution in [0.1, 0.15) is 23.2 Å². The van der Waals surface area contributed by atoms with Gasteiger partial charge in [0, 0.05) is 11.6 Å². The van der Waals surface area contributed by atoms with Crippen molar-refractivity contribution in [2.45, 2.75) is 18.9 Å². The fourth-order valence-electron chi connectivity index (χ4n) is 2.32. The highest BCUT2D eigenvalue weighted by Gasteiger charge is 2.25. The number of amides is 2. The van der Waals surface area contributed by atoms with Crippen LogP contribution in [0.3, 0.4) is 0 Å².